The Balaban J connectivity index is 2.60. The van der Waals surface area contributed by atoms with Crippen LogP contribution in [0.5, 0.6) is 0 Å². The first-order chi connectivity index (χ1) is 7.27. The van der Waals surface area contributed by atoms with Gasteiger partial charge in [0.05, 0.1) is 6.54 Å². The normalized spacial score (nSPS) is 12.1. The molecule has 0 fully saturated rings. The Morgan fingerprint density at radius 1 is 1.27 bits per heavy atom. The van der Waals surface area contributed by atoms with Crippen molar-refractivity contribution >= 4 is 5.84 Å². The number of rotatable bonds is 5. The van der Waals surface area contributed by atoms with E-state index in [1.165, 1.54) is 0 Å². The molecular formula is C11H16N2O2. The van der Waals surface area contributed by atoms with Crippen LogP contribution < -0.4 is 5.73 Å². The van der Waals surface area contributed by atoms with Gasteiger partial charge in [-0.05, 0) is 0 Å². The van der Waals surface area contributed by atoms with Crippen molar-refractivity contribution in [3.63, 3.8) is 0 Å². The molecule has 0 heterocycles. The summed E-state index contributed by atoms with van der Waals surface area (Å²) < 4.78 is 10.0. The van der Waals surface area contributed by atoms with E-state index in [2.05, 4.69) is 4.99 Å². The number of nitrogens with zero attached hydrogens (tertiary/aromatic N) is 1. The van der Waals surface area contributed by atoms with Crippen LogP contribution in [0.1, 0.15) is 5.56 Å². The SMILES string of the molecule is COC(CN=C(N)c1ccccc1)OC. The number of hydrogen-bond acceptors (Lipinski definition) is 3. The van der Waals surface area contributed by atoms with Crippen LogP contribution in [-0.2, 0) is 9.47 Å². The van der Waals surface area contributed by atoms with Crippen LogP contribution in [0.15, 0.2) is 35.3 Å². The van der Waals surface area contributed by atoms with Crippen LogP contribution in [0.4, 0.5) is 0 Å². The third-order valence-electron chi connectivity index (χ3n) is 2.01. The van der Waals surface area contributed by atoms with Gasteiger partial charge < -0.3 is 15.2 Å². The smallest absolute Gasteiger partial charge is 0.176 e. The van der Waals surface area contributed by atoms with Gasteiger partial charge in [0.2, 0.25) is 0 Å². The summed E-state index contributed by atoms with van der Waals surface area (Å²) in [5, 5.41) is 0. The van der Waals surface area contributed by atoms with Gasteiger partial charge in [-0.2, -0.15) is 0 Å². The van der Waals surface area contributed by atoms with Crippen LogP contribution in [0, 0.1) is 0 Å². The largest absolute Gasteiger partial charge is 0.384 e. The highest BCUT2D eigenvalue weighted by Crippen LogP contribution is 1.99. The van der Waals surface area contributed by atoms with E-state index in [1.54, 1.807) is 14.2 Å². The average molecular weight is 208 g/mol. The van der Waals surface area contributed by atoms with Crippen molar-refractivity contribution in [2.75, 3.05) is 20.8 Å². The van der Waals surface area contributed by atoms with Crippen LogP contribution >= 0.6 is 0 Å². The molecule has 2 N–H and O–H groups in total. The fourth-order valence-corrected chi connectivity index (χ4v) is 1.12. The molecule has 82 valence electrons. The van der Waals surface area contributed by atoms with Crippen molar-refractivity contribution in [3.8, 4) is 0 Å². The topological polar surface area (TPSA) is 56.8 Å². The molecule has 0 aromatic heterocycles. The number of nitrogens with two attached hydrogens (primary N) is 1. The van der Waals surface area contributed by atoms with Crippen LogP contribution in [0.2, 0.25) is 0 Å². The van der Waals surface area contributed by atoms with Gasteiger partial charge in [0.1, 0.15) is 5.84 Å². The van der Waals surface area contributed by atoms with Crippen molar-refractivity contribution in [2.24, 2.45) is 10.7 Å². The molecule has 0 radical (unpaired) electrons. The van der Waals surface area contributed by atoms with Crippen LogP contribution in [0.25, 0.3) is 0 Å². The van der Waals surface area contributed by atoms with E-state index in [9.17, 15) is 0 Å². The summed E-state index contributed by atoms with van der Waals surface area (Å²) in [5.41, 5.74) is 6.70. The number of amidine groups is 1. The Bertz CT molecular complexity index is 308. The summed E-state index contributed by atoms with van der Waals surface area (Å²) in [4.78, 5) is 4.18. The summed E-state index contributed by atoms with van der Waals surface area (Å²) in [5.74, 6) is 0.495. The Morgan fingerprint density at radius 3 is 2.40 bits per heavy atom. The highest BCUT2D eigenvalue weighted by atomic mass is 16.7. The van der Waals surface area contributed by atoms with Gasteiger partial charge in [0.25, 0.3) is 0 Å². The maximum Gasteiger partial charge on any atom is 0.176 e. The lowest BCUT2D eigenvalue weighted by Crippen LogP contribution is -2.21. The minimum atomic E-state index is -0.340. The highest BCUT2D eigenvalue weighted by Gasteiger charge is 2.03. The van der Waals surface area contributed by atoms with E-state index in [1.807, 2.05) is 30.3 Å². The summed E-state index contributed by atoms with van der Waals surface area (Å²) >= 11 is 0. The number of methoxy groups -OCH3 is 2. The first kappa shape index (κ1) is 11.7. The minimum Gasteiger partial charge on any atom is -0.384 e. The Labute approximate surface area is 89.7 Å². The molecule has 1 aromatic rings. The molecule has 4 heteroatoms. The van der Waals surface area contributed by atoms with Gasteiger partial charge in [0, 0.05) is 19.8 Å². The molecule has 0 bridgehead atoms. The predicted molar refractivity (Wildman–Crippen MR) is 59.8 cm³/mol. The summed E-state index contributed by atoms with van der Waals surface area (Å²) in [6, 6.07) is 9.59. The second-order valence-electron chi connectivity index (χ2n) is 2.99. The zero-order valence-corrected chi connectivity index (χ0v) is 9.01. The molecule has 1 rings (SSSR count). The van der Waals surface area contributed by atoms with Gasteiger partial charge in [-0.3, -0.25) is 4.99 Å². The van der Waals surface area contributed by atoms with Gasteiger partial charge in [-0.1, -0.05) is 30.3 Å². The number of ether oxygens (including phenoxy) is 2. The van der Waals surface area contributed by atoms with E-state index in [-0.39, 0.29) is 6.29 Å². The van der Waals surface area contributed by atoms with Crippen molar-refractivity contribution < 1.29 is 9.47 Å². The fraction of sp³-hybridized carbons (Fsp3) is 0.364. The quantitative estimate of drug-likeness (QED) is 0.446. The fourth-order valence-electron chi connectivity index (χ4n) is 1.12. The van der Waals surface area contributed by atoms with Crippen LogP contribution in [0.3, 0.4) is 0 Å². The molecule has 0 saturated heterocycles. The maximum absolute atomic E-state index is 5.79. The zero-order chi connectivity index (χ0) is 11.1. The predicted octanol–water partition coefficient (Wildman–Crippen LogP) is 1.01. The Kier molecular flexibility index (Phi) is 4.80. The third kappa shape index (κ3) is 3.69. The second-order valence-corrected chi connectivity index (χ2v) is 2.99. The van der Waals surface area contributed by atoms with Gasteiger partial charge in [0.15, 0.2) is 6.29 Å². The highest BCUT2D eigenvalue weighted by molar-refractivity contribution is 5.97. The molecule has 0 aliphatic carbocycles. The van der Waals surface area contributed by atoms with Gasteiger partial charge >= 0.3 is 0 Å². The van der Waals surface area contributed by atoms with Crippen molar-refractivity contribution in [1.29, 1.82) is 0 Å². The molecule has 0 unspecified atom stereocenters. The number of hydrogen-bond donors (Lipinski definition) is 1. The van der Waals surface area contributed by atoms with Crippen molar-refractivity contribution in [2.45, 2.75) is 6.29 Å². The van der Waals surface area contributed by atoms with E-state index in [4.69, 9.17) is 15.2 Å². The first-order valence-corrected chi connectivity index (χ1v) is 4.69. The zero-order valence-electron chi connectivity index (χ0n) is 9.01. The molecule has 0 amide bonds. The first-order valence-electron chi connectivity index (χ1n) is 4.69. The lowest BCUT2D eigenvalue weighted by Gasteiger charge is -2.10. The van der Waals surface area contributed by atoms with E-state index >= 15 is 0 Å². The van der Waals surface area contributed by atoms with Crippen molar-refractivity contribution in [1.82, 2.24) is 0 Å². The monoisotopic (exact) mass is 208 g/mol. The molecule has 4 nitrogen and oxygen atoms in total. The standard InChI is InChI=1S/C11H16N2O2/c1-14-10(15-2)8-13-11(12)9-6-4-3-5-7-9/h3-7,10H,8H2,1-2H3,(H2,12,13). The Hall–Kier alpha value is -1.39. The maximum atomic E-state index is 5.79. The molecule has 1 aromatic carbocycles. The molecule has 0 aliphatic rings. The van der Waals surface area contributed by atoms with E-state index < -0.39 is 0 Å². The lowest BCUT2D eigenvalue weighted by molar-refractivity contribution is -0.0936. The summed E-state index contributed by atoms with van der Waals surface area (Å²) in [6.07, 6.45) is -0.340. The lowest BCUT2D eigenvalue weighted by atomic mass is 10.2. The molecule has 0 saturated carbocycles. The molecule has 0 spiro atoms. The average Bonchev–Trinajstić information content (AvgIpc) is 2.31. The van der Waals surface area contributed by atoms with Crippen LogP contribution in [-0.4, -0.2) is 32.9 Å². The van der Waals surface area contributed by atoms with Gasteiger partial charge in [-0.15, -0.1) is 0 Å². The molecular weight excluding hydrogens is 192 g/mol. The molecule has 0 aliphatic heterocycles. The summed E-state index contributed by atoms with van der Waals surface area (Å²) in [7, 11) is 3.14. The van der Waals surface area contributed by atoms with Crippen molar-refractivity contribution in [3.05, 3.63) is 35.9 Å². The van der Waals surface area contributed by atoms with Gasteiger partial charge in [-0.25, -0.2) is 0 Å². The van der Waals surface area contributed by atoms with E-state index in [0.29, 0.717) is 12.4 Å². The molecule has 15 heavy (non-hydrogen) atoms. The summed E-state index contributed by atoms with van der Waals surface area (Å²) in [6.45, 7) is 0.397. The Morgan fingerprint density at radius 2 is 1.87 bits per heavy atom. The number of benzene rings is 1. The number of aliphatic imine (C=N–C) groups is 1. The third-order valence-corrected chi connectivity index (χ3v) is 2.01. The minimum absolute atomic E-state index is 0.340. The second kappa shape index (κ2) is 6.16. The van der Waals surface area contributed by atoms with E-state index in [0.717, 1.165) is 5.56 Å². The molecule has 0 atom stereocenters.